The van der Waals surface area contributed by atoms with Gasteiger partial charge in [-0.2, -0.15) is 5.10 Å². The Morgan fingerprint density at radius 2 is 1.96 bits per heavy atom. The van der Waals surface area contributed by atoms with Crippen LogP contribution in [0.3, 0.4) is 0 Å². The van der Waals surface area contributed by atoms with Crippen LogP contribution in [0.25, 0.3) is 16.6 Å². The van der Waals surface area contributed by atoms with Crippen LogP contribution in [-0.4, -0.2) is 38.6 Å². The molecule has 1 aliphatic heterocycles. The van der Waals surface area contributed by atoms with Crippen LogP contribution < -0.4 is 5.56 Å². The molecular weight excluding hydrogens is 288 g/mol. The van der Waals surface area contributed by atoms with Crippen LogP contribution in [0.15, 0.2) is 35.1 Å². The molecule has 0 aliphatic carbocycles. The minimum Gasteiger partial charge on any atom is -0.306 e. The monoisotopic (exact) mass is 310 g/mol. The fraction of sp³-hybridized carbons (Fsp3) is 0.444. The summed E-state index contributed by atoms with van der Waals surface area (Å²) in [5.41, 5.74) is 2.71. The fourth-order valence-corrected chi connectivity index (χ4v) is 3.62. The average Bonchev–Trinajstić information content (AvgIpc) is 2.99. The van der Waals surface area contributed by atoms with Crippen molar-refractivity contribution in [1.82, 2.24) is 19.5 Å². The summed E-state index contributed by atoms with van der Waals surface area (Å²) >= 11 is 0. The standard InChI is InChI=1S/C18H22N4O/c1-12(2)21-9-7-13(8-10-21)15-11-17-19-18(23)14-5-3-4-6-16(14)22(17)20-15/h3-6,11-13H,7-10H2,1-2H3,(H,19,23). The lowest BCUT2D eigenvalue weighted by Crippen LogP contribution is -2.37. The molecule has 3 aromatic rings. The van der Waals surface area contributed by atoms with Crippen molar-refractivity contribution in [1.29, 1.82) is 0 Å². The van der Waals surface area contributed by atoms with E-state index >= 15 is 0 Å². The molecule has 2 aromatic heterocycles. The Bertz CT molecular complexity index is 900. The molecule has 23 heavy (non-hydrogen) atoms. The smallest absolute Gasteiger partial charge is 0.259 e. The molecule has 0 bridgehead atoms. The molecule has 0 amide bonds. The predicted octanol–water partition coefficient (Wildman–Crippen LogP) is 2.76. The minimum absolute atomic E-state index is 0.0471. The largest absolute Gasteiger partial charge is 0.306 e. The normalized spacial score (nSPS) is 17.5. The third-order valence-electron chi connectivity index (χ3n) is 5.02. The molecule has 120 valence electrons. The first-order valence-corrected chi connectivity index (χ1v) is 8.38. The zero-order chi connectivity index (χ0) is 16.0. The Morgan fingerprint density at radius 1 is 1.22 bits per heavy atom. The summed E-state index contributed by atoms with van der Waals surface area (Å²) < 4.78 is 1.88. The number of benzene rings is 1. The number of hydrogen-bond donors (Lipinski definition) is 1. The number of H-pyrrole nitrogens is 1. The van der Waals surface area contributed by atoms with Gasteiger partial charge >= 0.3 is 0 Å². The molecule has 0 atom stereocenters. The highest BCUT2D eigenvalue weighted by atomic mass is 16.1. The van der Waals surface area contributed by atoms with Crippen LogP contribution in [0.1, 0.15) is 38.3 Å². The number of aromatic amines is 1. The number of likely N-dealkylation sites (tertiary alicyclic amines) is 1. The molecule has 1 aliphatic rings. The van der Waals surface area contributed by atoms with Crippen LogP contribution in [-0.2, 0) is 0 Å². The molecular formula is C18H22N4O. The first-order valence-electron chi connectivity index (χ1n) is 8.38. The number of rotatable bonds is 2. The topological polar surface area (TPSA) is 53.4 Å². The molecule has 0 spiro atoms. The Labute approximate surface area is 134 Å². The lowest BCUT2D eigenvalue weighted by atomic mass is 9.93. The van der Waals surface area contributed by atoms with Crippen LogP contribution in [0.2, 0.25) is 0 Å². The van der Waals surface area contributed by atoms with E-state index in [0.29, 0.717) is 17.3 Å². The van der Waals surface area contributed by atoms with E-state index < -0.39 is 0 Å². The number of aromatic nitrogens is 3. The molecule has 1 N–H and O–H groups in total. The van der Waals surface area contributed by atoms with Gasteiger partial charge in [-0.05, 0) is 51.9 Å². The molecule has 1 saturated heterocycles. The molecule has 0 radical (unpaired) electrons. The first-order chi connectivity index (χ1) is 11.1. The predicted molar refractivity (Wildman–Crippen MR) is 92.0 cm³/mol. The highest BCUT2D eigenvalue weighted by Crippen LogP contribution is 2.28. The van der Waals surface area contributed by atoms with E-state index in [1.54, 1.807) is 0 Å². The third-order valence-corrected chi connectivity index (χ3v) is 5.02. The number of nitrogens with one attached hydrogen (secondary N) is 1. The summed E-state index contributed by atoms with van der Waals surface area (Å²) in [5, 5.41) is 5.49. The molecule has 0 unspecified atom stereocenters. The lowest BCUT2D eigenvalue weighted by molar-refractivity contribution is 0.170. The number of piperidine rings is 1. The average molecular weight is 310 g/mol. The van der Waals surface area contributed by atoms with Gasteiger partial charge in [-0.25, -0.2) is 4.52 Å². The summed E-state index contributed by atoms with van der Waals surface area (Å²) in [4.78, 5) is 17.7. The highest BCUT2D eigenvalue weighted by Gasteiger charge is 2.24. The number of nitrogens with zero attached hydrogens (tertiary/aromatic N) is 3. The number of fused-ring (bicyclic) bond motifs is 3. The summed E-state index contributed by atoms with van der Waals surface area (Å²) in [6.45, 7) is 6.74. The fourth-order valence-electron chi connectivity index (χ4n) is 3.62. The molecule has 5 heteroatoms. The maximum Gasteiger partial charge on any atom is 0.259 e. The Kier molecular flexibility index (Phi) is 3.45. The van der Waals surface area contributed by atoms with Crippen LogP contribution in [0.4, 0.5) is 0 Å². The summed E-state index contributed by atoms with van der Waals surface area (Å²) in [5.74, 6) is 0.479. The maximum atomic E-state index is 12.2. The Balaban J connectivity index is 1.73. The maximum absolute atomic E-state index is 12.2. The van der Waals surface area contributed by atoms with E-state index in [1.165, 1.54) is 0 Å². The molecule has 1 fully saturated rings. The molecule has 4 rings (SSSR count). The van der Waals surface area contributed by atoms with Gasteiger partial charge in [-0.1, -0.05) is 12.1 Å². The van der Waals surface area contributed by atoms with Crippen molar-refractivity contribution < 1.29 is 0 Å². The van der Waals surface area contributed by atoms with Gasteiger partial charge in [0.25, 0.3) is 5.56 Å². The van der Waals surface area contributed by atoms with Crippen molar-refractivity contribution >= 4 is 16.6 Å². The van der Waals surface area contributed by atoms with Gasteiger partial charge in [0.05, 0.1) is 16.6 Å². The van der Waals surface area contributed by atoms with E-state index in [1.807, 2.05) is 34.8 Å². The Hall–Kier alpha value is -2.14. The number of hydrogen-bond acceptors (Lipinski definition) is 3. The second kappa shape index (κ2) is 5.49. The van der Waals surface area contributed by atoms with Gasteiger partial charge in [0.1, 0.15) is 5.65 Å². The molecule has 0 saturated carbocycles. The molecule has 5 nitrogen and oxygen atoms in total. The van der Waals surface area contributed by atoms with Gasteiger partial charge in [-0.15, -0.1) is 0 Å². The summed E-state index contributed by atoms with van der Waals surface area (Å²) in [6.07, 6.45) is 2.26. The van der Waals surface area contributed by atoms with Crippen LogP contribution in [0.5, 0.6) is 0 Å². The lowest BCUT2D eigenvalue weighted by Gasteiger charge is -2.33. The molecule has 3 heterocycles. The van der Waals surface area contributed by atoms with Crippen molar-refractivity contribution in [2.24, 2.45) is 0 Å². The second-order valence-corrected chi connectivity index (χ2v) is 6.74. The zero-order valence-electron chi connectivity index (χ0n) is 13.6. The zero-order valence-corrected chi connectivity index (χ0v) is 13.6. The summed E-state index contributed by atoms with van der Waals surface area (Å²) in [7, 11) is 0. The van der Waals surface area contributed by atoms with E-state index in [2.05, 4.69) is 23.7 Å². The minimum atomic E-state index is -0.0471. The van der Waals surface area contributed by atoms with Gasteiger partial charge in [0.2, 0.25) is 0 Å². The van der Waals surface area contributed by atoms with E-state index in [4.69, 9.17) is 5.10 Å². The van der Waals surface area contributed by atoms with Crippen LogP contribution >= 0.6 is 0 Å². The van der Waals surface area contributed by atoms with Gasteiger partial charge in [0.15, 0.2) is 0 Å². The van der Waals surface area contributed by atoms with Crippen molar-refractivity contribution in [3.63, 3.8) is 0 Å². The van der Waals surface area contributed by atoms with E-state index in [0.717, 1.165) is 42.8 Å². The van der Waals surface area contributed by atoms with Crippen LogP contribution in [0, 0.1) is 0 Å². The van der Waals surface area contributed by atoms with Crippen molar-refractivity contribution in [2.75, 3.05) is 13.1 Å². The quantitative estimate of drug-likeness (QED) is 0.792. The van der Waals surface area contributed by atoms with Gasteiger partial charge in [0, 0.05) is 18.0 Å². The summed E-state index contributed by atoms with van der Waals surface area (Å²) in [6, 6.07) is 10.3. The Morgan fingerprint density at radius 3 is 2.70 bits per heavy atom. The van der Waals surface area contributed by atoms with E-state index in [-0.39, 0.29) is 5.56 Å². The highest BCUT2D eigenvalue weighted by molar-refractivity contribution is 5.80. The third kappa shape index (κ3) is 2.45. The van der Waals surface area contributed by atoms with Gasteiger partial charge < -0.3 is 9.88 Å². The first kappa shape index (κ1) is 14.5. The second-order valence-electron chi connectivity index (χ2n) is 6.74. The van der Waals surface area contributed by atoms with Crippen molar-refractivity contribution in [2.45, 2.75) is 38.6 Å². The van der Waals surface area contributed by atoms with Crippen molar-refractivity contribution in [3.05, 3.63) is 46.4 Å². The molecule has 1 aromatic carbocycles. The van der Waals surface area contributed by atoms with E-state index in [9.17, 15) is 4.79 Å². The SMILES string of the molecule is CC(C)N1CCC(c2cc3[nH]c(=O)c4ccccc4n3n2)CC1. The number of para-hydroxylation sites is 1. The van der Waals surface area contributed by atoms with Crippen molar-refractivity contribution in [3.8, 4) is 0 Å². The van der Waals surface area contributed by atoms with Gasteiger partial charge in [-0.3, -0.25) is 4.79 Å².